The van der Waals surface area contributed by atoms with E-state index in [9.17, 15) is 19.2 Å². The highest BCUT2D eigenvalue weighted by Crippen LogP contribution is 2.20. The first-order valence-corrected chi connectivity index (χ1v) is 9.15. The van der Waals surface area contributed by atoms with Crippen LogP contribution in [0.1, 0.15) is 33.6 Å². The van der Waals surface area contributed by atoms with Crippen LogP contribution >= 0.6 is 15.9 Å². The SMILES string of the molecule is CN(C(=O)c1cc(OCCBr)ccc1C=O)C(C=O)CCC=O.CNC. The van der Waals surface area contributed by atoms with Gasteiger partial charge in [-0.15, -0.1) is 0 Å². The molecule has 0 fully saturated rings. The standard InChI is InChI=1S/C16H18BrNO5.C2H7N/c1-18(13(11-21)3-2-7-19)16(22)15-9-14(23-8-6-17)5-4-12(15)10-20;1-3-2/h4-5,7,9-11,13H,2-3,6,8H2,1H3;3H,1-2H3. The van der Waals surface area contributed by atoms with E-state index in [0.29, 0.717) is 36.5 Å². The molecule has 1 N–H and O–H groups in total. The van der Waals surface area contributed by atoms with Crippen molar-refractivity contribution in [3.05, 3.63) is 29.3 Å². The molecule has 0 aliphatic rings. The number of hydrogen-bond donors (Lipinski definition) is 1. The van der Waals surface area contributed by atoms with Crippen LogP contribution in [0.4, 0.5) is 0 Å². The molecule has 0 bridgehead atoms. The van der Waals surface area contributed by atoms with E-state index in [-0.39, 0.29) is 24.0 Å². The predicted molar refractivity (Wildman–Crippen MR) is 103 cm³/mol. The molecule has 8 heteroatoms. The summed E-state index contributed by atoms with van der Waals surface area (Å²) in [5, 5.41) is 3.38. The fourth-order valence-electron chi connectivity index (χ4n) is 2.00. The van der Waals surface area contributed by atoms with Gasteiger partial charge in [0.15, 0.2) is 6.29 Å². The zero-order valence-electron chi connectivity index (χ0n) is 15.2. The summed E-state index contributed by atoms with van der Waals surface area (Å²) < 4.78 is 5.43. The van der Waals surface area contributed by atoms with Gasteiger partial charge in [0.1, 0.15) is 18.3 Å². The van der Waals surface area contributed by atoms with Gasteiger partial charge in [-0.05, 0) is 38.7 Å². The van der Waals surface area contributed by atoms with Crippen LogP contribution < -0.4 is 10.1 Å². The molecule has 0 saturated heterocycles. The smallest absolute Gasteiger partial charge is 0.255 e. The van der Waals surface area contributed by atoms with Gasteiger partial charge in [-0.3, -0.25) is 9.59 Å². The highest BCUT2D eigenvalue weighted by Gasteiger charge is 2.23. The van der Waals surface area contributed by atoms with E-state index in [2.05, 4.69) is 21.2 Å². The van der Waals surface area contributed by atoms with Crippen molar-refractivity contribution in [1.29, 1.82) is 0 Å². The minimum absolute atomic E-state index is 0.160. The average molecular weight is 429 g/mol. The third kappa shape index (κ3) is 7.88. The number of likely N-dealkylation sites (N-methyl/N-ethyl adjacent to an activating group) is 1. The Labute approximate surface area is 162 Å². The molecule has 1 aromatic rings. The molecule has 1 aromatic carbocycles. The topological polar surface area (TPSA) is 92.8 Å². The van der Waals surface area contributed by atoms with Gasteiger partial charge in [0.2, 0.25) is 0 Å². The molecular formula is C18H25BrN2O5. The largest absolute Gasteiger partial charge is 0.493 e. The number of aldehydes is 3. The maximum absolute atomic E-state index is 12.6. The average Bonchev–Trinajstić information content (AvgIpc) is 2.66. The summed E-state index contributed by atoms with van der Waals surface area (Å²) >= 11 is 3.23. The van der Waals surface area contributed by atoms with Crippen LogP contribution in [0.2, 0.25) is 0 Å². The first-order chi connectivity index (χ1) is 12.5. The van der Waals surface area contributed by atoms with Crippen LogP contribution in [-0.4, -0.2) is 68.8 Å². The molecule has 26 heavy (non-hydrogen) atoms. The molecule has 1 rings (SSSR count). The number of halogens is 1. The van der Waals surface area contributed by atoms with E-state index >= 15 is 0 Å². The molecule has 7 nitrogen and oxygen atoms in total. The molecule has 0 aliphatic heterocycles. The Morgan fingerprint density at radius 1 is 1.31 bits per heavy atom. The quantitative estimate of drug-likeness (QED) is 0.450. The minimum Gasteiger partial charge on any atom is -0.493 e. The third-order valence-electron chi connectivity index (χ3n) is 3.28. The number of ether oxygens (including phenoxy) is 1. The fraction of sp³-hybridized carbons (Fsp3) is 0.444. The predicted octanol–water partition coefficient (Wildman–Crippen LogP) is 1.73. The second-order valence-electron chi connectivity index (χ2n) is 5.27. The summed E-state index contributed by atoms with van der Waals surface area (Å²) in [5.74, 6) is -0.0123. The van der Waals surface area contributed by atoms with Crippen LogP contribution in [-0.2, 0) is 9.59 Å². The molecule has 0 heterocycles. The highest BCUT2D eigenvalue weighted by molar-refractivity contribution is 9.09. The van der Waals surface area contributed by atoms with Crippen molar-refractivity contribution in [2.75, 3.05) is 33.1 Å². The zero-order chi connectivity index (χ0) is 19.9. The van der Waals surface area contributed by atoms with Gasteiger partial charge in [0, 0.05) is 24.4 Å². The van der Waals surface area contributed by atoms with E-state index in [4.69, 9.17) is 4.74 Å². The van der Waals surface area contributed by atoms with Gasteiger partial charge < -0.3 is 24.5 Å². The maximum Gasteiger partial charge on any atom is 0.255 e. The number of rotatable bonds is 10. The number of nitrogens with zero attached hydrogens (tertiary/aromatic N) is 1. The van der Waals surface area contributed by atoms with Crippen molar-refractivity contribution in [2.45, 2.75) is 18.9 Å². The number of carbonyl (C=O) groups is 4. The Balaban J connectivity index is 0.00000194. The number of hydrogen-bond acceptors (Lipinski definition) is 6. The second kappa shape index (κ2) is 14.1. The molecule has 0 saturated carbocycles. The molecule has 0 radical (unpaired) electrons. The number of benzene rings is 1. The fourth-order valence-corrected chi connectivity index (χ4v) is 2.16. The van der Waals surface area contributed by atoms with Crippen LogP contribution in [0.15, 0.2) is 18.2 Å². The molecule has 0 spiro atoms. The van der Waals surface area contributed by atoms with Crippen LogP contribution in [0.25, 0.3) is 0 Å². The van der Waals surface area contributed by atoms with Crippen molar-refractivity contribution in [3.63, 3.8) is 0 Å². The molecule has 0 aromatic heterocycles. The molecule has 1 unspecified atom stereocenters. The van der Waals surface area contributed by atoms with E-state index in [1.165, 1.54) is 24.1 Å². The van der Waals surface area contributed by atoms with Crippen LogP contribution in [0.3, 0.4) is 0 Å². The highest BCUT2D eigenvalue weighted by atomic mass is 79.9. The Kier molecular flexibility index (Phi) is 13.0. The first-order valence-electron chi connectivity index (χ1n) is 8.03. The normalized spacial score (nSPS) is 10.8. The lowest BCUT2D eigenvalue weighted by Gasteiger charge is -2.24. The van der Waals surface area contributed by atoms with Crippen molar-refractivity contribution in [2.24, 2.45) is 0 Å². The Hall–Kier alpha value is -2.06. The molecule has 1 atom stereocenters. The van der Waals surface area contributed by atoms with Crippen molar-refractivity contribution < 1.29 is 23.9 Å². The van der Waals surface area contributed by atoms with Gasteiger partial charge in [-0.2, -0.15) is 0 Å². The summed E-state index contributed by atoms with van der Waals surface area (Å²) in [7, 11) is 5.22. The molecular weight excluding hydrogens is 404 g/mol. The second-order valence-corrected chi connectivity index (χ2v) is 6.06. The lowest BCUT2D eigenvalue weighted by atomic mass is 10.0. The van der Waals surface area contributed by atoms with Gasteiger partial charge in [0.05, 0.1) is 18.2 Å². The van der Waals surface area contributed by atoms with E-state index in [0.717, 1.165) is 0 Å². The zero-order valence-corrected chi connectivity index (χ0v) is 16.8. The monoisotopic (exact) mass is 428 g/mol. The minimum atomic E-state index is -0.723. The van der Waals surface area contributed by atoms with Gasteiger partial charge in [0.25, 0.3) is 5.91 Å². The summed E-state index contributed by atoms with van der Waals surface area (Å²) in [4.78, 5) is 46.5. The number of amides is 1. The maximum atomic E-state index is 12.6. The van der Waals surface area contributed by atoms with E-state index in [1.54, 1.807) is 6.07 Å². The molecule has 1 amide bonds. The van der Waals surface area contributed by atoms with Gasteiger partial charge in [-0.25, -0.2) is 0 Å². The Bertz CT molecular complexity index is 595. The summed E-state index contributed by atoms with van der Waals surface area (Å²) in [6, 6.07) is 3.86. The summed E-state index contributed by atoms with van der Waals surface area (Å²) in [5.41, 5.74) is 0.376. The van der Waals surface area contributed by atoms with Gasteiger partial charge in [-0.1, -0.05) is 15.9 Å². The Morgan fingerprint density at radius 2 is 1.96 bits per heavy atom. The van der Waals surface area contributed by atoms with Crippen molar-refractivity contribution in [3.8, 4) is 5.75 Å². The summed E-state index contributed by atoms with van der Waals surface area (Å²) in [6.45, 7) is 0.417. The third-order valence-corrected chi connectivity index (χ3v) is 3.61. The number of nitrogens with one attached hydrogen (secondary N) is 1. The lowest BCUT2D eigenvalue weighted by molar-refractivity contribution is -0.112. The number of alkyl halides is 1. The molecule has 144 valence electrons. The van der Waals surface area contributed by atoms with Crippen molar-refractivity contribution in [1.82, 2.24) is 10.2 Å². The first kappa shape index (κ1) is 23.9. The van der Waals surface area contributed by atoms with E-state index in [1.807, 2.05) is 14.1 Å². The van der Waals surface area contributed by atoms with Crippen LogP contribution in [0, 0.1) is 0 Å². The van der Waals surface area contributed by atoms with Gasteiger partial charge >= 0.3 is 0 Å². The summed E-state index contributed by atoms with van der Waals surface area (Å²) in [6.07, 6.45) is 2.31. The number of carbonyl (C=O) groups excluding carboxylic acids is 4. The van der Waals surface area contributed by atoms with E-state index < -0.39 is 11.9 Å². The van der Waals surface area contributed by atoms with Crippen molar-refractivity contribution >= 4 is 40.7 Å². The van der Waals surface area contributed by atoms with Crippen LogP contribution in [0.5, 0.6) is 5.75 Å². The lowest BCUT2D eigenvalue weighted by Crippen LogP contribution is -2.38. The molecule has 0 aliphatic carbocycles. The Morgan fingerprint density at radius 3 is 2.46 bits per heavy atom.